The molecule has 0 spiro atoms. The molecule has 10 heteroatoms. The van der Waals surface area contributed by atoms with E-state index in [-0.39, 0.29) is 32.1 Å². The Morgan fingerprint density at radius 1 is 0.280 bits per heavy atom. The smallest absolute Gasteiger partial charge is 0.306 e. The van der Waals surface area contributed by atoms with E-state index in [4.69, 9.17) is 14.2 Å². The molecule has 0 saturated heterocycles. The Bertz CT molecular complexity index is 1740. The summed E-state index contributed by atoms with van der Waals surface area (Å²) in [5.41, 5.74) is 0. The number of rotatable bonds is 73. The van der Waals surface area contributed by atoms with Crippen LogP contribution in [0.4, 0.5) is 0 Å². The van der Waals surface area contributed by atoms with Gasteiger partial charge < -0.3 is 19.0 Å². The molecule has 0 aliphatic heterocycles. The standard InChI is InChI=1S/C83H151NO9/c1-6-11-16-21-26-31-34-37-40-43-46-51-56-61-66-71-80(88)91-75-77(92-81(89)72-67-62-57-52-47-44-41-38-35-32-27-22-17-12-7-2)83(93-82(90)73-68-63-58-53-48-45-42-39-36-33-28-23-18-13-8-3)76(74-85)84(78(86)69-64-59-54-49-29-24-19-14-9-4)79(87)70-65-60-55-50-30-25-20-15-10-5/h37-42,74,76-77,83H,6-36,43-73,75H2,1-5H3/t76-,77+,83-/m0/s1. The highest BCUT2D eigenvalue weighted by atomic mass is 16.6. The van der Waals surface area contributed by atoms with Crippen LogP contribution in [0.25, 0.3) is 0 Å². The summed E-state index contributed by atoms with van der Waals surface area (Å²) in [5, 5.41) is 0. The Hall–Kier alpha value is -3.56. The first kappa shape index (κ1) is 89.4. The molecule has 2 amide bonds. The van der Waals surface area contributed by atoms with E-state index in [1.807, 2.05) is 0 Å². The number of hydrogen-bond acceptors (Lipinski definition) is 9. The van der Waals surface area contributed by atoms with Crippen LogP contribution in [0.5, 0.6) is 0 Å². The molecule has 0 N–H and O–H groups in total. The van der Waals surface area contributed by atoms with Crippen molar-refractivity contribution in [2.24, 2.45) is 0 Å². The van der Waals surface area contributed by atoms with E-state index >= 15 is 0 Å². The van der Waals surface area contributed by atoms with Crippen molar-refractivity contribution in [2.45, 2.75) is 451 Å². The highest BCUT2D eigenvalue weighted by Gasteiger charge is 2.43. The zero-order chi connectivity index (χ0) is 67.8. The van der Waals surface area contributed by atoms with Gasteiger partial charge in [0.1, 0.15) is 18.9 Å². The average molecular weight is 1310 g/mol. The second-order valence-corrected chi connectivity index (χ2v) is 27.6. The van der Waals surface area contributed by atoms with Gasteiger partial charge in [-0.15, -0.1) is 0 Å². The summed E-state index contributed by atoms with van der Waals surface area (Å²) in [7, 11) is 0. The predicted molar refractivity (Wildman–Crippen MR) is 394 cm³/mol. The van der Waals surface area contributed by atoms with Crippen molar-refractivity contribution in [1.82, 2.24) is 4.90 Å². The summed E-state index contributed by atoms with van der Waals surface area (Å²) in [5.74, 6) is -2.67. The van der Waals surface area contributed by atoms with Crippen LogP contribution in [0.1, 0.15) is 433 Å². The fourth-order valence-electron chi connectivity index (χ4n) is 12.4. The molecule has 0 rings (SSSR count). The molecule has 93 heavy (non-hydrogen) atoms. The summed E-state index contributed by atoms with van der Waals surface area (Å²) in [6, 6.07) is -1.60. The van der Waals surface area contributed by atoms with Gasteiger partial charge in [-0.25, -0.2) is 0 Å². The Morgan fingerprint density at radius 3 is 0.774 bits per heavy atom. The number of carbonyl (C=O) groups excluding carboxylic acids is 6. The van der Waals surface area contributed by atoms with Crippen molar-refractivity contribution >= 4 is 36.0 Å². The molecule has 0 heterocycles. The molecule has 0 fully saturated rings. The number of imide groups is 1. The molecule has 0 aromatic carbocycles. The number of esters is 3. The van der Waals surface area contributed by atoms with Crippen LogP contribution in [0.15, 0.2) is 36.5 Å². The van der Waals surface area contributed by atoms with Gasteiger partial charge in [-0.2, -0.15) is 0 Å². The van der Waals surface area contributed by atoms with Gasteiger partial charge in [0.15, 0.2) is 12.2 Å². The SMILES string of the molecule is CCCCCCCCC=CCCCCCCCC(=O)OC[C@@H](OC(=O)CCCCCCCC=CCCCCCCCC)[C@@H](OC(=O)CCCCCCCC=CCCCCCCCC)[C@H](C=O)N(C(=O)CCCCCCCCCCC)C(=O)CCCCCCCCCCC. The van der Waals surface area contributed by atoms with Crippen LogP contribution in [0.3, 0.4) is 0 Å². The highest BCUT2D eigenvalue weighted by Crippen LogP contribution is 2.24. The number of hydrogen-bond donors (Lipinski definition) is 0. The van der Waals surface area contributed by atoms with E-state index < -0.39 is 54.6 Å². The fourth-order valence-corrected chi connectivity index (χ4v) is 12.4. The van der Waals surface area contributed by atoms with E-state index in [9.17, 15) is 28.8 Å². The molecule has 542 valence electrons. The van der Waals surface area contributed by atoms with Gasteiger partial charge in [0.05, 0.1) is 0 Å². The van der Waals surface area contributed by atoms with E-state index in [1.54, 1.807) is 0 Å². The third-order valence-corrected chi connectivity index (χ3v) is 18.6. The number of carbonyl (C=O) groups is 6. The molecule has 0 aliphatic rings. The zero-order valence-corrected chi connectivity index (χ0v) is 61.9. The summed E-state index contributed by atoms with van der Waals surface area (Å²) >= 11 is 0. The van der Waals surface area contributed by atoms with Crippen LogP contribution in [0.2, 0.25) is 0 Å². The molecule has 3 atom stereocenters. The molecular formula is C83H151NO9. The van der Waals surface area contributed by atoms with Gasteiger partial charge in [0.25, 0.3) is 0 Å². The number of allylic oxidation sites excluding steroid dienone is 6. The molecule has 0 unspecified atom stereocenters. The van der Waals surface area contributed by atoms with Crippen LogP contribution in [0, 0.1) is 0 Å². The van der Waals surface area contributed by atoms with E-state index in [2.05, 4.69) is 71.1 Å². The minimum Gasteiger partial charge on any atom is -0.462 e. The Kier molecular flexibility index (Phi) is 69.9. The van der Waals surface area contributed by atoms with Crippen LogP contribution in [-0.2, 0) is 43.0 Å². The van der Waals surface area contributed by atoms with Gasteiger partial charge in [-0.1, -0.05) is 328 Å². The van der Waals surface area contributed by atoms with Crippen molar-refractivity contribution in [1.29, 1.82) is 0 Å². The van der Waals surface area contributed by atoms with Gasteiger partial charge in [-0.05, 0) is 109 Å². The number of aldehydes is 1. The van der Waals surface area contributed by atoms with Gasteiger partial charge >= 0.3 is 17.9 Å². The summed E-state index contributed by atoms with van der Waals surface area (Å²) in [4.78, 5) is 86.2. The molecule has 0 radical (unpaired) electrons. The highest BCUT2D eigenvalue weighted by molar-refractivity contribution is 5.98. The van der Waals surface area contributed by atoms with Gasteiger partial charge in [0, 0.05) is 32.1 Å². The molecule has 10 nitrogen and oxygen atoms in total. The lowest BCUT2D eigenvalue weighted by Gasteiger charge is -2.35. The molecule has 0 aliphatic carbocycles. The molecule has 0 bridgehead atoms. The first-order valence-corrected chi connectivity index (χ1v) is 40.5. The first-order valence-electron chi connectivity index (χ1n) is 40.5. The maximum atomic E-state index is 14.7. The number of unbranched alkanes of at least 4 members (excludes halogenated alkanes) is 49. The van der Waals surface area contributed by atoms with Crippen LogP contribution >= 0.6 is 0 Å². The molecule has 0 aromatic heterocycles. The summed E-state index contributed by atoms with van der Waals surface area (Å²) < 4.78 is 18.5. The Balaban J connectivity index is 6.55. The third kappa shape index (κ3) is 60.6. The van der Waals surface area contributed by atoms with Crippen molar-refractivity contribution in [3.05, 3.63) is 36.5 Å². The lowest BCUT2D eigenvalue weighted by Crippen LogP contribution is -2.57. The number of amides is 2. The van der Waals surface area contributed by atoms with E-state index in [0.717, 1.165) is 172 Å². The third-order valence-electron chi connectivity index (χ3n) is 18.6. The first-order chi connectivity index (χ1) is 45.7. The average Bonchev–Trinajstić information content (AvgIpc) is 0.976. The maximum absolute atomic E-state index is 14.7. The van der Waals surface area contributed by atoms with Crippen LogP contribution < -0.4 is 0 Å². The lowest BCUT2D eigenvalue weighted by atomic mass is 10.0. The molecular weight excluding hydrogens is 1150 g/mol. The minimum absolute atomic E-state index is 0.0455. The van der Waals surface area contributed by atoms with Crippen molar-refractivity contribution in [3.8, 4) is 0 Å². The molecule has 0 aromatic rings. The Morgan fingerprint density at radius 2 is 0.505 bits per heavy atom. The van der Waals surface area contributed by atoms with Gasteiger partial charge in [0.2, 0.25) is 11.8 Å². The number of ether oxygens (including phenoxy) is 3. The summed E-state index contributed by atoms with van der Waals surface area (Å²) in [6.45, 7) is 10.7. The monoisotopic (exact) mass is 1310 g/mol. The normalized spacial score (nSPS) is 12.7. The molecule has 0 saturated carbocycles. The van der Waals surface area contributed by atoms with Crippen molar-refractivity contribution < 1.29 is 43.0 Å². The quantitative estimate of drug-likeness (QED) is 0.0192. The van der Waals surface area contributed by atoms with E-state index in [1.165, 1.54) is 167 Å². The van der Waals surface area contributed by atoms with Crippen molar-refractivity contribution in [2.75, 3.05) is 6.61 Å². The largest absolute Gasteiger partial charge is 0.462 e. The fraction of sp³-hybridized carbons (Fsp3) is 0.855. The summed E-state index contributed by atoms with van der Waals surface area (Å²) in [6.07, 6.45) is 74.2. The maximum Gasteiger partial charge on any atom is 0.306 e. The van der Waals surface area contributed by atoms with Crippen molar-refractivity contribution in [3.63, 3.8) is 0 Å². The second-order valence-electron chi connectivity index (χ2n) is 27.6. The Labute approximate surface area is 575 Å². The lowest BCUT2D eigenvalue weighted by molar-refractivity contribution is -0.184. The predicted octanol–water partition coefficient (Wildman–Crippen LogP) is 25.2. The van der Waals surface area contributed by atoms with Crippen LogP contribution in [-0.4, -0.2) is 65.8 Å². The van der Waals surface area contributed by atoms with E-state index in [0.29, 0.717) is 38.4 Å². The second kappa shape index (κ2) is 72.7. The van der Waals surface area contributed by atoms with Gasteiger partial charge in [-0.3, -0.25) is 28.9 Å². The zero-order valence-electron chi connectivity index (χ0n) is 61.9. The topological polar surface area (TPSA) is 133 Å². The number of nitrogens with zero attached hydrogens (tertiary/aromatic N) is 1. The minimum atomic E-state index is -1.60.